The summed E-state index contributed by atoms with van der Waals surface area (Å²) >= 11 is 3.54. The zero-order valence-corrected chi connectivity index (χ0v) is 16.4. The zero-order chi connectivity index (χ0) is 15.5. The molecule has 0 aliphatic heterocycles. The highest BCUT2D eigenvalue weighted by atomic mass is 79.9. The van der Waals surface area contributed by atoms with E-state index in [0.717, 1.165) is 17.6 Å². The Morgan fingerprint density at radius 3 is 2.48 bits per heavy atom. The van der Waals surface area contributed by atoms with Gasteiger partial charge in [0, 0.05) is 22.4 Å². The zero-order valence-electron chi connectivity index (χ0n) is 14.0. The Morgan fingerprint density at radius 2 is 1.78 bits per heavy atom. The van der Waals surface area contributed by atoms with Crippen molar-refractivity contribution < 1.29 is 0 Å². The summed E-state index contributed by atoms with van der Waals surface area (Å²) < 4.78 is 3.73. The van der Waals surface area contributed by atoms with E-state index in [1.54, 1.807) is 11.3 Å². The molecule has 3 rings (SSSR count). The summed E-state index contributed by atoms with van der Waals surface area (Å²) in [7, 11) is 4.31. The molecule has 0 spiro atoms. The van der Waals surface area contributed by atoms with Crippen LogP contribution in [-0.4, -0.2) is 30.1 Å². The second-order valence-corrected chi connectivity index (χ2v) is 7.44. The van der Waals surface area contributed by atoms with Gasteiger partial charge in [0.15, 0.2) is 0 Å². The molecule has 1 aliphatic carbocycles. The van der Waals surface area contributed by atoms with Gasteiger partial charge in [-0.1, -0.05) is 28.1 Å². The molecule has 4 heteroatoms. The first-order valence-electron chi connectivity index (χ1n) is 8.27. The van der Waals surface area contributed by atoms with Crippen molar-refractivity contribution in [1.82, 2.24) is 9.47 Å². The lowest BCUT2D eigenvalue weighted by Gasteiger charge is -2.18. The highest BCUT2D eigenvalue weighted by Crippen LogP contribution is 2.32. The summed E-state index contributed by atoms with van der Waals surface area (Å²) in [6.45, 7) is 2.27. The molecule has 0 fully saturated rings. The molecule has 2 aromatic rings. The van der Waals surface area contributed by atoms with Gasteiger partial charge >= 0.3 is 0 Å². The van der Waals surface area contributed by atoms with Crippen LogP contribution in [0.15, 0.2) is 34.8 Å². The summed E-state index contributed by atoms with van der Waals surface area (Å²) in [6, 6.07) is 11.2. The number of aromatic nitrogens is 1. The molecular formula is C19H26BrClN2. The fraction of sp³-hybridized carbons (Fsp3) is 0.474. The van der Waals surface area contributed by atoms with Gasteiger partial charge in [-0.25, -0.2) is 0 Å². The fourth-order valence-electron chi connectivity index (χ4n) is 3.43. The topological polar surface area (TPSA) is 8.17 Å². The summed E-state index contributed by atoms with van der Waals surface area (Å²) in [4.78, 5) is 2.27. The van der Waals surface area contributed by atoms with Gasteiger partial charge < -0.3 is 9.47 Å². The molecule has 0 saturated carbocycles. The number of rotatable bonds is 5. The molecular weight excluding hydrogens is 372 g/mol. The van der Waals surface area contributed by atoms with Gasteiger partial charge in [0.2, 0.25) is 0 Å². The van der Waals surface area contributed by atoms with E-state index >= 15 is 0 Å². The lowest BCUT2D eigenvalue weighted by Crippen LogP contribution is -2.17. The van der Waals surface area contributed by atoms with E-state index in [2.05, 4.69) is 69.8 Å². The van der Waals surface area contributed by atoms with Gasteiger partial charge in [0.25, 0.3) is 0 Å². The van der Waals surface area contributed by atoms with E-state index in [0.29, 0.717) is 0 Å². The van der Waals surface area contributed by atoms with Crippen molar-refractivity contribution in [3.05, 3.63) is 46.1 Å². The fourth-order valence-corrected chi connectivity index (χ4v) is 3.69. The van der Waals surface area contributed by atoms with Crippen LogP contribution in [0.2, 0.25) is 0 Å². The SMILES string of the molecule is CN(C)CCCn1c(-c2ccc(Br)cc2)cc2c1CCCC2.Cl. The molecule has 0 N–H and O–H groups in total. The quantitative estimate of drug-likeness (QED) is 0.675. The second-order valence-electron chi connectivity index (χ2n) is 6.52. The number of hydrogen-bond donors (Lipinski definition) is 0. The van der Waals surface area contributed by atoms with Crippen molar-refractivity contribution in [2.75, 3.05) is 20.6 Å². The molecule has 1 heterocycles. The molecule has 1 aliphatic rings. The molecule has 126 valence electrons. The van der Waals surface area contributed by atoms with Crippen LogP contribution in [-0.2, 0) is 19.4 Å². The summed E-state index contributed by atoms with van der Waals surface area (Å²) in [5.41, 5.74) is 5.90. The molecule has 0 amide bonds. The van der Waals surface area contributed by atoms with Crippen LogP contribution in [0.25, 0.3) is 11.3 Å². The third-order valence-electron chi connectivity index (χ3n) is 4.53. The molecule has 0 atom stereocenters. The van der Waals surface area contributed by atoms with Crippen molar-refractivity contribution in [2.24, 2.45) is 0 Å². The van der Waals surface area contributed by atoms with Crippen molar-refractivity contribution in [2.45, 2.75) is 38.6 Å². The van der Waals surface area contributed by atoms with Gasteiger partial charge in [-0.3, -0.25) is 0 Å². The first-order valence-corrected chi connectivity index (χ1v) is 9.06. The number of benzene rings is 1. The second kappa shape index (κ2) is 8.36. The summed E-state index contributed by atoms with van der Waals surface area (Å²) in [5.74, 6) is 0. The standard InChI is InChI=1S/C19H25BrN2.ClH/c1-21(2)12-5-13-22-18-7-4-3-6-16(18)14-19(22)15-8-10-17(20)11-9-15;/h8-11,14H,3-7,12-13H2,1-2H3;1H. The average molecular weight is 398 g/mol. The number of aryl methyl sites for hydroxylation is 1. The van der Waals surface area contributed by atoms with Gasteiger partial charge in [-0.2, -0.15) is 0 Å². The molecule has 2 nitrogen and oxygen atoms in total. The smallest absolute Gasteiger partial charge is 0.0485 e. The average Bonchev–Trinajstić information content (AvgIpc) is 2.87. The first-order chi connectivity index (χ1) is 10.6. The lowest BCUT2D eigenvalue weighted by atomic mass is 9.98. The van der Waals surface area contributed by atoms with Crippen molar-refractivity contribution in [3.8, 4) is 11.3 Å². The van der Waals surface area contributed by atoms with E-state index < -0.39 is 0 Å². The van der Waals surface area contributed by atoms with Crippen molar-refractivity contribution >= 4 is 28.3 Å². The van der Waals surface area contributed by atoms with Crippen LogP contribution in [0, 0.1) is 0 Å². The minimum absolute atomic E-state index is 0. The van der Waals surface area contributed by atoms with E-state index in [1.807, 2.05) is 0 Å². The number of halogens is 2. The molecule has 1 aromatic carbocycles. The maximum atomic E-state index is 3.54. The molecule has 0 unspecified atom stereocenters. The maximum Gasteiger partial charge on any atom is 0.0485 e. The van der Waals surface area contributed by atoms with Crippen LogP contribution < -0.4 is 0 Å². The predicted molar refractivity (Wildman–Crippen MR) is 105 cm³/mol. The van der Waals surface area contributed by atoms with Gasteiger partial charge in [-0.05, 0) is 82.1 Å². The number of fused-ring (bicyclic) bond motifs is 1. The predicted octanol–water partition coefficient (Wildman–Crippen LogP) is 5.17. The van der Waals surface area contributed by atoms with E-state index in [1.165, 1.54) is 43.4 Å². The summed E-state index contributed by atoms with van der Waals surface area (Å²) in [6.07, 6.45) is 6.38. The van der Waals surface area contributed by atoms with Crippen molar-refractivity contribution in [1.29, 1.82) is 0 Å². The first kappa shape index (κ1) is 18.6. The Bertz CT molecular complexity index is 632. The molecule has 0 radical (unpaired) electrons. The highest BCUT2D eigenvalue weighted by molar-refractivity contribution is 9.10. The van der Waals surface area contributed by atoms with Crippen LogP contribution in [0.5, 0.6) is 0 Å². The normalized spacial score (nSPS) is 13.7. The maximum absolute atomic E-state index is 3.54. The van der Waals surface area contributed by atoms with Gasteiger partial charge in [-0.15, -0.1) is 12.4 Å². The van der Waals surface area contributed by atoms with Crippen molar-refractivity contribution in [3.63, 3.8) is 0 Å². The van der Waals surface area contributed by atoms with Crippen LogP contribution >= 0.6 is 28.3 Å². The van der Waals surface area contributed by atoms with E-state index in [4.69, 9.17) is 0 Å². The molecule has 0 bridgehead atoms. The van der Waals surface area contributed by atoms with Gasteiger partial charge in [0.1, 0.15) is 0 Å². The van der Waals surface area contributed by atoms with Crippen LogP contribution in [0.4, 0.5) is 0 Å². The molecule has 23 heavy (non-hydrogen) atoms. The largest absolute Gasteiger partial charge is 0.344 e. The Hall–Kier alpha value is -0.770. The third kappa shape index (κ3) is 4.40. The molecule has 1 aromatic heterocycles. The summed E-state index contributed by atoms with van der Waals surface area (Å²) in [5, 5.41) is 0. The molecule has 0 saturated heterocycles. The highest BCUT2D eigenvalue weighted by Gasteiger charge is 2.18. The lowest BCUT2D eigenvalue weighted by molar-refractivity contribution is 0.385. The van der Waals surface area contributed by atoms with E-state index in [-0.39, 0.29) is 12.4 Å². The van der Waals surface area contributed by atoms with E-state index in [9.17, 15) is 0 Å². The Kier molecular flexibility index (Phi) is 6.75. The van der Waals surface area contributed by atoms with Crippen LogP contribution in [0.1, 0.15) is 30.5 Å². The Morgan fingerprint density at radius 1 is 1.09 bits per heavy atom. The Labute approximate surface area is 154 Å². The minimum atomic E-state index is 0. The number of hydrogen-bond acceptors (Lipinski definition) is 1. The van der Waals surface area contributed by atoms with Crippen LogP contribution in [0.3, 0.4) is 0 Å². The number of nitrogens with zero attached hydrogens (tertiary/aromatic N) is 2. The Balaban J connectivity index is 0.00000192. The monoisotopic (exact) mass is 396 g/mol. The minimum Gasteiger partial charge on any atom is -0.344 e. The van der Waals surface area contributed by atoms with Gasteiger partial charge in [0.05, 0.1) is 0 Å². The third-order valence-corrected chi connectivity index (χ3v) is 5.06.